The highest BCUT2D eigenvalue weighted by atomic mass is 16.3. The van der Waals surface area contributed by atoms with Crippen LogP contribution in [0.1, 0.15) is 45.3 Å². The molecule has 0 fully saturated rings. The van der Waals surface area contributed by atoms with Crippen molar-refractivity contribution in [3.8, 4) is 0 Å². The second kappa shape index (κ2) is 7.60. The van der Waals surface area contributed by atoms with Gasteiger partial charge >= 0.3 is 0 Å². The second-order valence-corrected chi connectivity index (χ2v) is 5.74. The molecule has 7 heteroatoms. The highest BCUT2D eigenvalue weighted by Crippen LogP contribution is 2.18. The highest BCUT2D eigenvalue weighted by molar-refractivity contribution is 6.07. The summed E-state index contributed by atoms with van der Waals surface area (Å²) in [6, 6.07) is 11.5. The fraction of sp³-hybridized carbons (Fsp3) is 0.158. The first-order chi connectivity index (χ1) is 12.5. The number of hydrogen-bond acceptors (Lipinski definition) is 5. The lowest BCUT2D eigenvalue weighted by Gasteiger charge is -2.15. The van der Waals surface area contributed by atoms with Crippen LogP contribution in [0.3, 0.4) is 0 Å². The highest BCUT2D eigenvalue weighted by Gasteiger charge is 2.18. The number of benzene rings is 1. The van der Waals surface area contributed by atoms with Crippen molar-refractivity contribution >= 4 is 17.5 Å². The second-order valence-electron chi connectivity index (χ2n) is 5.74. The molecule has 1 aromatic carbocycles. The van der Waals surface area contributed by atoms with E-state index in [1.54, 1.807) is 55.6 Å². The lowest BCUT2D eigenvalue weighted by Crippen LogP contribution is -2.28. The number of aryl methyl sites for hydroxylation is 1. The van der Waals surface area contributed by atoms with Gasteiger partial charge in [-0.15, -0.1) is 0 Å². The van der Waals surface area contributed by atoms with Gasteiger partial charge in [0, 0.05) is 6.20 Å². The standard InChI is InChI=1S/C19H18N4O3/c1-12-7-8-17(26-12)19(25)23-16-6-4-3-5-14(16)18(24)22-13(2)15-9-10-20-11-21-15/h3-11,13H,1-2H3,(H,22,24)(H,23,25)/t13-/m0/s1. The molecular weight excluding hydrogens is 332 g/mol. The molecule has 0 unspecified atom stereocenters. The van der Waals surface area contributed by atoms with Gasteiger partial charge in [-0.05, 0) is 44.2 Å². The molecule has 0 bridgehead atoms. The Kier molecular flexibility index (Phi) is 5.07. The average molecular weight is 350 g/mol. The summed E-state index contributed by atoms with van der Waals surface area (Å²) in [7, 11) is 0. The van der Waals surface area contributed by atoms with Gasteiger partial charge in [0.25, 0.3) is 11.8 Å². The number of nitrogens with one attached hydrogen (secondary N) is 2. The Morgan fingerprint density at radius 2 is 1.88 bits per heavy atom. The molecule has 0 aliphatic rings. The SMILES string of the molecule is Cc1ccc(C(=O)Nc2ccccc2C(=O)N[C@@H](C)c2ccncn2)o1. The predicted molar refractivity (Wildman–Crippen MR) is 95.8 cm³/mol. The van der Waals surface area contributed by atoms with E-state index in [1.165, 1.54) is 6.33 Å². The molecular formula is C19H18N4O3. The number of para-hydroxylation sites is 1. The van der Waals surface area contributed by atoms with Crippen LogP contribution in [0, 0.1) is 6.92 Å². The maximum absolute atomic E-state index is 12.6. The number of amides is 2. The van der Waals surface area contributed by atoms with Crippen LogP contribution >= 0.6 is 0 Å². The van der Waals surface area contributed by atoms with E-state index in [2.05, 4.69) is 20.6 Å². The van der Waals surface area contributed by atoms with Crippen molar-refractivity contribution in [2.45, 2.75) is 19.9 Å². The summed E-state index contributed by atoms with van der Waals surface area (Å²) >= 11 is 0. The molecule has 0 spiro atoms. The zero-order valence-electron chi connectivity index (χ0n) is 14.4. The zero-order chi connectivity index (χ0) is 18.5. The topological polar surface area (TPSA) is 97.1 Å². The van der Waals surface area contributed by atoms with Crippen molar-refractivity contribution in [2.24, 2.45) is 0 Å². The van der Waals surface area contributed by atoms with Crippen molar-refractivity contribution in [1.82, 2.24) is 15.3 Å². The van der Waals surface area contributed by atoms with Gasteiger partial charge in [0.1, 0.15) is 12.1 Å². The Morgan fingerprint density at radius 3 is 2.58 bits per heavy atom. The summed E-state index contributed by atoms with van der Waals surface area (Å²) in [5.74, 6) is 0.0942. The summed E-state index contributed by atoms with van der Waals surface area (Å²) in [6.45, 7) is 3.58. The smallest absolute Gasteiger partial charge is 0.291 e. The molecule has 0 radical (unpaired) electrons. The quantitative estimate of drug-likeness (QED) is 0.737. The van der Waals surface area contributed by atoms with Crippen molar-refractivity contribution in [1.29, 1.82) is 0 Å². The zero-order valence-corrected chi connectivity index (χ0v) is 14.4. The molecule has 2 N–H and O–H groups in total. The lowest BCUT2D eigenvalue weighted by atomic mass is 10.1. The first kappa shape index (κ1) is 17.3. The molecule has 1 atom stereocenters. The van der Waals surface area contributed by atoms with Gasteiger partial charge < -0.3 is 15.1 Å². The minimum atomic E-state index is -0.415. The number of carbonyl (C=O) groups is 2. The summed E-state index contributed by atoms with van der Waals surface area (Å²) < 4.78 is 5.31. The Hall–Kier alpha value is -3.48. The summed E-state index contributed by atoms with van der Waals surface area (Å²) in [4.78, 5) is 32.9. The summed E-state index contributed by atoms with van der Waals surface area (Å²) in [5, 5.41) is 5.58. The van der Waals surface area contributed by atoms with E-state index in [9.17, 15) is 9.59 Å². The van der Waals surface area contributed by atoms with Crippen LogP contribution in [0.25, 0.3) is 0 Å². The van der Waals surface area contributed by atoms with E-state index in [-0.39, 0.29) is 17.7 Å². The van der Waals surface area contributed by atoms with Gasteiger partial charge in [-0.3, -0.25) is 9.59 Å². The van der Waals surface area contributed by atoms with Crippen LogP contribution in [0.5, 0.6) is 0 Å². The Balaban J connectivity index is 1.76. The molecule has 2 heterocycles. The van der Waals surface area contributed by atoms with Crippen molar-refractivity contribution < 1.29 is 14.0 Å². The third-order valence-corrected chi connectivity index (χ3v) is 3.78. The number of hydrogen-bond donors (Lipinski definition) is 2. The van der Waals surface area contributed by atoms with Crippen LogP contribution in [-0.2, 0) is 0 Å². The van der Waals surface area contributed by atoms with Gasteiger partial charge in [-0.1, -0.05) is 12.1 Å². The lowest BCUT2D eigenvalue weighted by molar-refractivity contribution is 0.0940. The molecule has 7 nitrogen and oxygen atoms in total. The van der Waals surface area contributed by atoms with Crippen LogP contribution in [0.4, 0.5) is 5.69 Å². The van der Waals surface area contributed by atoms with Gasteiger partial charge in [-0.25, -0.2) is 9.97 Å². The molecule has 0 saturated carbocycles. The molecule has 2 amide bonds. The molecule has 2 aromatic heterocycles. The maximum atomic E-state index is 12.6. The van der Waals surface area contributed by atoms with E-state index in [1.807, 2.05) is 6.92 Å². The van der Waals surface area contributed by atoms with Crippen molar-refractivity contribution in [3.63, 3.8) is 0 Å². The third-order valence-electron chi connectivity index (χ3n) is 3.78. The van der Waals surface area contributed by atoms with Crippen molar-refractivity contribution in [3.05, 3.63) is 77.8 Å². The summed E-state index contributed by atoms with van der Waals surface area (Å²) in [5.41, 5.74) is 1.45. The van der Waals surface area contributed by atoms with Gasteiger partial charge in [0.05, 0.1) is 23.0 Å². The fourth-order valence-electron chi connectivity index (χ4n) is 2.44. The largest absolute Gasteiger partial charge is 0.456 e. The Morgan fingerprint density at radius 1 is 1.08 bits per heavy atom. The Bertz CT molecular complexity index is 921. The molecule has 0 saturated heterocycles. The first-order valence-corrected chi connectivity index (χ1v) is 8.08. The maximum Gasteiger partial charge on any atom is 0.291 e. The number of furan rings is 1. The fourth-order valence-corrected chi connectivity index (χ4v) is 2.44. The van der Waals surface area contributed by atoms with E-state index in [4.69, 9.17) is 4.42 Å². The van der Waals surface area contributed by atoms with E-state index >= 15 is 0 Å². The molecule has 0 aliphatic carbocycles. The van der Waals surface area contributed by atoms with E-state index in [0.717, 1.165) is 0 Å². The number of aromatic nitrogens is 2. The van der Waals surface area contributed by atoms with Crippen molar-refractivity contribution in [2.75, 3.05) is 5.32 Å². The number of nitrogens with zero attached hydrogens (tertiary/aromatic N) is 2. The van der Waals surface area contributed by atoms with Crippen LogP contribution in [0.2, 0.25) is 0 Å². The normalized spacial score (nSPS) is 11.6. The molecule has 0 aliphatic heterocycles. The van der Waals surface area contributed by atoms with Gasteiger partial charge in [0.2, 0.25) is 0 Å². The first-order valence-electron chi connectivity index (χ1n) is 8.08. The van der Waals surface area contributed by atoms with Gasteiger partial charge in [-0.2, -0.15) is 0 Å². The monoisotopic (exact) mass is 350 g/mol. The Labute approximate surface area is 150 Å². The molecule has 3 aromatic rings. The van der Waals surface area contributed by atoms with E-state index < -0.39 is 5.91 Å². The molecule has 3 rings (SSSR count). The minimum absolute atomic E-state index is 0.187. The number of carbonyl (C=O) groups excluding carboxylic acids is 2. The van der Waals surface area contributed by atoms with E-state index in [0.29, 0.717) is 22.7 Å². The molecule has 26 heavy (non-hydrogen) atoms. The number of rotatable bonds is 5. The molecule has 132 valence electrons. The predicted octanol–water partition coefficient (Wildman–Crippen LogP) is 3.12. The minimum Gasteiger partial charge on any atom is -0.456 e. The third kappa shape index (κ3) is 3.94. The average Bonchev–Trinajstić information content (AvgIpc) is 3.09. The summed E-state index contributed by atoms with van der Waals surface area (Å²) in [6.07, 6.45) is 3.04. The van der Waals surface area contributed by atoms with Gasteiger partial charge in [0.15, 0.2) is 5.76 Å². The number of anilines is 1. The van der Waals surface area contributed by atoms with Crippen LogP contribution < -0.4 is 10.6 Å². The van der Waals surface area contributed by atoms with Crippen LogP contribution in [-0.4, -0.2) is 21.8 Å². The van der Waals surface area contributed by atoms with Crippen LogP contribution in [0.15, 0.2) is 59.4 Å².